The van der Waals surface area contributed by atoms with E-state index in [0.717, 1.165) is 135 Å². The van der Waals surface area contributed by atoms with Crippen molar-refractivity contribution in [2.24, 2.45) is 0 Å². The number of methoxy groups -OCH3 is 2. The van der Waals surface area contributed by atoms with Gasteiger partial charge in [-0.3, -0.25) is 0 Å². The van der Waals surface area contributed by atoms with Crippen LogP contribution in [0.15, 0.2) is 138 Å². The molecule has 77 heavy (non-hydrogen) atoms. The number of nitrogen functional groups attached to an aromatic ring is 2. The van der Waals surface area contributed by atoms with Gasteiger partial charge in [0.05, 0.1) is 47.8 Å². The summed E-state index contributed by atoms with van der Waals surface area (Å²) in [6.07, 6.45) is 3.66. The number of benzene rings is 6. The number of likely N-dealkylation sites (N-methyl/N-ethyl adjacent to an activating group) is 2. The van der Waals surface area contributed by atoms with Crippen molar-refractivity contribution in [2.45, 2.75) is 46.3 Å². The minimum Gasteiger partial charge on any atom is -0.494 e. The van der Waals surface area contributed by atoms with E-state index in [9.17, 15) is 0 Å². The Morgan fingerprint density at radius 1 is 0.571 bits per heavy atom. The van der Waals surface area contributed by atoms with Crippen LogP contribution in [0.25, 0.3) is 32.9 Å². The molecular formula is C59H72BBrN12O4. The highest BCUT2D eigenvalue weighted by Gasteiger charge is 2.51. The Balaban J connectivity index is 0.000000160. The number of ether oxygens (including phenoxy) is 2. The number of rotatable bonds is 10. The van der Waals surface area contributed by atoms with Crippen molar-refractivity contribution >= 4 is 96.3 Å². The van der Waals surface area contributed by atoms with Gasteiger partial charge in [0.2, 0.25) is 11.9 Å². The Morgan fingerprint density at radius 3 is 1.55 bits per heavy atom. The molecular weight excluding hydrogens is 1030 g/mol. The fourth-order valence-corrected chi connectivity index (χ4v) is 9.62. The molecule has 18 heteroatoms. The van der Waals surface area contributed by atoms with Crippen molar-refractivity contribution in [3.05, 3.63) is 138 Å². The van der Waals surface area contributed by atoms with Crippen LogP contribution in [-0.2, 0) is 9.31 Å². The molecule has 6 aromatic carbocycles. The molecule has 0 atom stereocenters. The van der Waals surface area contributed by atoms with Gasteiger partial charge in [-0.25, -0.2) is 19.9 Å². The monoisotopic (exact) mass is 1100 g/mol. The van der Waals surface area contributed by atoms with E-state index < -0.39 is 0 Å². The zero-order chi connectivity index (χ0) is 53.6. The van der Waals surface area contributed by atoms with E-state index in [0.29, 0.717) is 11.9 Å². The van der Waals surface area contributed by atoms with Crippen molar-refractivity contribution in [1.29, 1.82) is 0 Å². The molecule has 16 nitrogen and oxygen atoms in total. The van der Waals surface area contributed by atoms with Crippen LogP contribution >= 0.6 is 15.9 Å². The number of anilines is 8. The molecule has 11 rings (SSSR count). The van der Waals surface area contributed by atoms with E-state index in [1.807, 2.05) is 131 Å². The van der Waals surface area contributed by atoms with Crippen LogP contribution in [0, 0.1) is 0 Å². The van der Waals surface area contributed by atoms with Crippen molar-refractivity contribution in [3.63, 3.8) is 0 Å². The van der Waals surface area contributed by atoms with Gasteiger partial charge in [-0.15, -0.1) is 0 Å². The molecule has 3 saturated heterocycles. The first-order chi connectivity index (χ1) is 36.6. The molecule has 5 heterocycles. The van der Waals surface area contributed by atoms with Crippen LogP contribution in [0.3, 0.4) is 0 Å². The molecule has 0 bridgehead atoms. The molecule has 6 N–H and O–H groups in total. The molecule has 0 radical (unpaired) electrons. The summed E-state index contributed by atoms with van der Waals surface area (Å²) in [6.45, 7) is 16.5. The molecule has 0 aliphatic carbocycles. The lowest BCUT2D eigenvalue weighted by molar-refractivity contribution is 0.00578. The predicted molar refractivity (Wildman–Crippen MR) is 322 cm³/mol. The summed E-state index contributed by atoms with van der Waals surface area (Å²) in [7, 11) is 7.37. The number of fused-ring (bicyclic) bond motifs is 2. The topological polar surface area (TPSA) is 178 Å². The largest absolute Gasteiger partial charge is 0.494 e. The first-order valence-electron chi connectivity index (χ1n) is 25.6. The number of hydrogen-bond donors (Lipinski definition) is 4. The molecule has 0 amide bonds. The van der Waals surface area contributed by atoms with Gasteiger partial charge in [-0.2, -0.15) is 0 Å². The third-order valence-electron chi connectivity index (χ3n) is 14.4. The summed E-state index contributed by atoms with van der Waals surface area (Å²) in [6, 6.07) is 39.9. The maximum Gasteiger partial charge on any atom is 0.494 e. The molecule has 8 aromatic rings. The van der Waals surface area contributed by atoms with E-state index >= 15 is 0 Å². The first kappa shape index (κ1) is 56.0. The molecule has 3 fully saturated rings. The summed E-state index contributed by atoms with van der Waals surface area (Å²) in [5.41, 5.74) is 21.4. The van der Waals surface area contributed by atoms with Crippen LogP contribution in [0.4, 0.5) is 46.0 Å². The normalized spacial score (nSPS) is 16.1. The van der Waals surface area contributed by atoms with Crippen molar-refractivity contribution < 1.29 is 18.8 Å². The van der Waals surface area contributed by atoms with Crippen LogP contribution in [0.5, 0.6) is 11.5 Å². The summed E-state index contributed by atoms with van der Waals surface area (Å²) in [5, 5.41) is 8.59. The van der Waals surface area contributed by atoms with Gasteiger partial charge in [0.15, 0.2) is 0 Å². The van der Waals surface area contributed by atoms with Gasteiger partial charge in [-0.05, 0) is 123 Å². The highest BCUT2D eigenvalue weighted by Crippen LogP contribution is 2.38. The number of piperazine rings is 2. The van der Waals surface area contributed by atoms with Crippen molar-refractivity contribution in [3.8, 4) is 22.6 Å². The molecule has 2 aromatic heterocycles. The molecule has 402 valence electrons. The van der Waals surface area contributed by atoms with Crippen LogP contribution in [0.2, 0.25) is 0 Å². The number of para-hydroxylation sites is 2. The number of nitrogens with one attached hydrogen (secondary N) is 2. The lowest BCUT2D eigenvalue weighted by Crippen LogP contribution is -2.44. The van der Waals surface area contributed by atoms with E-state index in [1.165, 1.54) is 5.69 Å². The highest BCUT2D eigenvalue weighted by molar-refractivity contribution is 9.10. The maximum atomic E-state index is 6.01. The lowest BCUT2D eigenvalue weighted by Gasteiger charge is -2.34. The summed E-state index contributed by atoms with van der Waals surface area (Å²) >= 11 is 3.55. The second kappa shape index (κ2) is 24.4. The molecule has 3 aliphatic heterocycles. The van der Waals surface area contributed by atoms with Gasteiger partial charge in [0, 0.05) is 120 Å². The fraction of sp³-hybridized carbons (Fsp3) is 0.322. The summed E-state index contributed by atoms with van der Waals surface area (Å²) < 4.78 is 24.1. The minimum absolute atomic E-state index is 0. The van der Waals surface area contributed by atoms with E-state index in [2.05, 4.69) is 106 Å². The molecule has 3 aliphatic rings. The van der Waals surface area contributed by atoms with E-state index in [1.54, 1.807) is 14.2 Å². The summed E-state index contributed by atoms with van der Waals surface area (Å²) in [5.74, 6) is 2.60. The number of nitrogens with zero attached hydrogens (tertiary/aromatic N) is 8. The maximum absolute atomic E-state index is 6.01. The Kier molecular flexibility index (Phi) is 17.8. The van der Waals surface area contributed by atoms with Gasteiger partial charge < -0.3 is 60.5 Å². The highest BCUT2D eigenvalue weighted by atomic mass is 79.9. The average molecular weight is 1100 g/mol. The van der Waals surface area contributed by atoms with Crippen molar-refractivity contribution in [1.82, 2.24) is 29.7 Å². The lowest BCUT2D eigenvalue weighted by atomic mass is 9.79. The number of aromatic nitrogens is 4. The second-order valence-corrected chi connectivity index (χ2v) is 21.1. The van der Waals surface area contributed by atoms with Crippen LogP contribution < -0.4 is 46.8 Å². The van der Waals surface area contributed by atoms with Gasteiger partial charge in [0.1, 0.15) is 11.5 Å². The SMILES string of the molecule is C.CC1(C)OB(c2cccc(N)c2)OC1(C)C.COc1cc(N2CCN(C)CC2)ccc1Nc1ncc2cccc(-c3cccc(N)c3)c2n1.COc1cc(N2CCN(C)CC2)ccc1Nc1ncc2cccc(Br)c2n1. The van der Waals surface area contributed by atoms with Gasteiger partial charge in [-0.1, -0.05) is 62.0 Å². The Bertz CT molecular complexity index is 3280. The second-order valence-electron chi connectivity index (χ2n) is 20.3. The minimum atomic E-state index is -0.325. The molecule has 0 spiro atoms. The Labute approximate surface area is 462 Å². The third-order valence-corrected chi connectivity index (χ3v) is 15.0. The predicted octanol–water partition coefficient (Wildman–Crippen LogP) is 10.5. The number of nitrogens with two attached hydrogens (primary N) is 2. The zero-order valence-corrected chi connectivity index (χ0v) is 46.3. The van der Waals surface area contributed by atoms with E-state index in [-0.39, 0.29) is 25.7 Å². The Morgan fingerprint density at radius 2 is 1.04 bits per heavy atom. The first-order valence-corrected chi connectivity index (χ1v) is 26.4. The standard InChI is InChI=1S/C26H28N6O.C20H22BrN5O.C12H18BNO2.CH4/c1-31-11-13-32(14-12-31)21-9-10-23(24(16-21)33-2)29-26-28-17-19-6-4-8-22(25(19)30-26)18-5-3-7-20(27)15-18;1-25-8-10-26(11-9-25)15-6-7-17(18(12-15)27-2)23-20-22-13-14-4-3-5-16(21)19(14)24-20;1-11(2)12(3,4)16-13(15-11)9-6-5-7-10(14)8-9;/h3-10,15-17H,11-14,27H2,1-2H3,(H,28,29,30);3-7,12-13H,8-11H2,1-2H3,(H,22,23,24);5-8H,14H2,1-4H3;1H4. The average Bonchev–Trinajstić information content (AvgIpc) is 3.68. The summed E-state index contributed by atoms with van der Waals surface area (Å²) in [4.78, 5) is 27.9. The number of halogens is 1. The Hall–Kier alpha value is -7.22. The molecule has 0 saturated carbocycles. The fourth-order valence-electron chi connectivity index (χ4n) is 9.15. The van der Waals surface area contributed by atoms with Gasteiger partial charge in [0.25, 0.3) is 0 Å². The van der Waals surface area contributed by atoms with Crippen molar-refractivity contribution in [2.75, 3.05) is 113 Å². The zero-order valence-electron chi connectivity index (χ0n) is 44.7. The van der Waals surface area contributed by atoms with E-state index in [4.69, 9.17) is 35.2 Å². The number of hydrogen-bond acceptors (Lipinski definition) is 16. The quantitative estimate of drug-likeness (QED) is 0.0751. The van der Waals surface area contributed by atoms with Crippen LogP contribution in [-0.4, -0.2) is 129 Å². The third kappa shape index (κ3) is 13.3. The van der Waals surface area contributed by atoms with Crippen LogP contribution in [0.1, 0.15) is 35.1 Å². The smallest absolute Gasteiger partial charge is 0.494 e. The molecule has 0 unspecified atom stereocenters. The van der Waals surface area contributed by atoms with Gasteiger partial charge >= 0.3 is 7.12 Å².